The molecule has 5 N–H and O–H groups in total. The SMILES string of the molecule is [B][C@@H]1O[C@H](COP(=O)(O)OC2C(O)[C@H](S)O[C@@H]2CO)C(O)C1O. The average molecular weight is 372 g/mol. The molecule has 0 aromatic carbocycles. The van der Waals surface area contributed by atoms with E-state index in [1.54, 1.807) is 0 Å². The van der Waals surface area contributed by atoms with E-state index in [9.17, 15) is 24.8 Å². The maximum atomic E-state index is 11.9. The van der Waals surface area contributed by atoms with Gasteiger partial charge in [0.05, 0.1) is 19.3 Å². The molecule has 23 heavy (non-hydrogen) atoms. The summed E-state index contributed by atoms with van der Waals surface area (Å²) in [5.41, 5.74) is -0.995. The molecule has 0 amide bonds. The molecular formula is C10H18BO10PS. The van der Waals surface area contributed by atoms with Crippen LogP contribution in [-0.2, 0) is 23.1 Å². The van der Waals surface area contributed by atoms with Gasteiger partial charge in [-0.15, -0.1) is 12.6 Å². The third-order valence-corrected chi connectivity index (χ3v) is 4.96. The lowest BCUT2D eigenvalue weighted by molar-refractivity contribution is -0.0323. The van der Waals surface area contributed by atoms with E-state index in [4.69, 9.17) is 27.0 Å². The lowest BCUT2D eigenvalue weighted by Gasteiger charge is -2.23. The van der Waals surface area contributed by atoms with Crippen LogP contribution in [0.15, 0.2) is 0 Å². The number of hydrogen-bond acceptors (Lipinski definition) is 10. The van der Waals surface area contributed by atoms with Crippen molar-refractivity contribution in [2.24, 2.45) is 0 Å². The zero-order chi connectivity index (χ0) is 17.4. The van der Waals surface area contributed by atoms with Crippen LogP contribution in [0.5, 0.6) is 0 Å². The van der Waals surface area contributed by atoms with E-state index in [1.165, 1.54) is 0 Å². The van der Waals surface area contributed by atoms with Crippen molar-refractivity contribution in [1.82, 2.24) is 0 Å². The van der Waals surface area contributed by atoms with Gasteiger partial charge in [0, 0.05) is 6.00 Å². The van der Waals surface area contributed by atoms with Gasteiger partial charge in [-0.25, -0.2) is 4.57 Å². The molecule has 2 rings (SSSR count). The van der Waals surface area contributed by atoms with Crippen LogP contribution >= 0.6 is 20.5 Å². The average Bonchev–Trinajstić information content (AvgIpc) is 2.89. The molecule has 2 saturated heterocycles. The predicted molar refractivity (Wildman–Crippen MR) is 77.8 cm³/mol. The van der Waals surface area contributed by atoms with Gasteiger partial charge in [0.25, 0.3) is 0 Å². The van der Waals surface area contributed by atoms with Gasteiger partial charge in [0.1, 0.15) is 43.8 Å². The largest absolute Gasteiger partial charge is 0.472 e. The quantitative estimate of drug-likeness (QED) is 0.163. The highest BCUT2D eigenvalue weighted by Crippen LogP contribution is 2.48. The van der Waals surface area contributed by atoms with Crippen LogP contribution in [-0.4, -0.2) is 94.4 Å². The molecule has 0 aliphatic carbocycles. The van der Waals surface area contributed by atoms with Gasteiger partial charge in [-0.1, -0.05) is 0 Å². The molecule has 132 valence electrons. The zero-order valence-electron chi connectivity index (χ0n) is 11.8. The van der Waals surface area contributed by atoms with Gasteiger partial charge in [0.15, 0.2) is 0 Å². The van der Waals surface area contributed by atoms with Crippen LogP contribution in [0.2, 0.25) is 0 Å². The van der Waals surface area contributed by atoms with Gasteiger partial charge in [-0.05, 0) is 0 Å². The Labute approximate surface area is 138 Å². The first-order valence-electron chi connectivity index (χ1n) is 6.71. The van der Waals surface area contributed by atoms with Crippen molar-refractivity contribution in [2.45, 2.75) is 48.1 Å². The minimum atomic E-state index is -4.67. The number of hydrogen-bond donors (Lipinski definition) is 6. The summed E-state index contributed by atoms with van der Waals surface area (Å²) in [6.07, 6.45) is -7.61. The Kier molecular flexibility index (Phi) is 6.54. The smallest absolute Gasteiger partial charge is 0.394 e. The Balaban J connectivity index is 1.91. The minimum Gasteiger partial charge on any atom is -0.394 e. The molecule has 9 atom stereocenters. The van der Waals surface area contributed by atoms with E-state index < -0.39 is 69.1 Å². The molecular weight excluding hydrogens is 354 g/mol. The number of phosphoric ester groups is 1. The second-order valence-electron chi connectivity index (χ2n) is 5.19. The molecule has 2 aliphatic heterocycles. The Morgan fingerprint density at radius 2 is 1.78 bits per heavy atom. The lowest BCUT2D eigenvalue weighted by Crippen LogP contribution is -2.36. The minimum absolute atomic E-state index is 0.565. The van der Waals surface area contributed by atoms with Gasteiger partial charge >= 0.3 is 7.82 Å². The molecule has 2 aliphatic rings. The number of phosphoric acid groups is 1. The monoisotopic (exact) mass is 372 g/mol. The van der Waals surface area contributed by atoms with Crippen molar-refractivity contribution in [3.8, 4) is 0 Å². The second-order valence-corrected chi connectivity index (χ2v) is 7.11. The molecule has 10 nitrogen and oxygen atoms in total. The highest BCUT2D eigenvalue weighted by Gasteiger charge is 2.47. The summed E-state index contributed by atoms with van der Waals surface area (Å²) < 4.78 is 31.4. The molecule has 2 fully saturated rings. The number of aliphatic hydroxyl groups is 4. The van der Waals surface area contributed by atoms with E-state index in [-0.39, 0.29) is 0 Å². The summed E-state index contributed by atoms with van der Waals surface area (Å²) in [6.45, 7) is -1.15. The van der Waals surface area contributed by atoms with E-state index in [0.29, 0.717) is 0 Å². The van der Waals surface area contributed by atoms with Crippen LogP contribution in [0.1, 0.15) is 0 Å². The molecule has 0 aromatic heterocycles. The van der Waals surface area contributed by atoms with Gasteiger partial charge in [-0.3, -0.25) is 9.05 Å². The van der Waals surface area contributed by atoms with Gasteiger partial charge < -0.3 is 34.8 Å². The first kappa shape index (κ1) is 19.6. The highest BCUT2D eigenvalue weighted by atomic mass is 32.1. The zero-order valence-corrected chi connectivity index (χ0v) is 13.6. The Morgan fingerprint density at radius 1 is 1.13 bits per heavy atom. The molecule has 0 spiro atoms. The van der Waals surface area contributed by atoms with Crippen LogP contribution in [0, 0.1) is 0 Å². The van der Waals surface area contributed by atoms with E-state index in [1.807, 2.05) is 0 Å². The summed E-state index contributed by atoms with van der Waals surface area (Å²) in [4.78, 5) is 9.68. The fraction of sp³-hybridized carbons (Fsp3) is 1.00. The Morgan fingerprint density at radius 3 is 2.30 bits per heavy atom. The van der Waals surface area contributed by atoms with Crippen molar-refractivity contribution in [3.05, 3.63) is 0 Å². The van der Waals surface area contributed by atoms with E-state index in [0.717, 1.165) is 0 Å². The first-order valence-corrected chi connectivity index (χ1v) is 8.73. The lowest BCUT2D eigenvalue weighted by atomic mass is 9.93. The third-order valence-electron chi connectivity index (χ3n) is 3.55. The first-order chi connectivity index (χ1) is 10.7. The molecule has 0 bridgehead atoms. The van der Waals surface area contributed by atoms with Crippen molar-refractivity contribution >= 4 is 28.3 Å². The summed E-state index contributed by atoms with van der Waals surface area (Å²) >= 11 is 3.89. The van der Waals surface area contributed by atoms with E-state index >= 15 is 0 Å². The fourth-order valence-corrected chi connectivity index (χ4v) is 3.55. The number of thiol groups is 1. The van der Waals surface area contributed by atoms with Gasteiger partial charge in [0.2, 0.25) is 0 Å². The molecule has 0 saturated carbocycles. The normalized spacial score (nSPS) is 46.9. The number of aliphatic hydroxyl groups excluding tert-OH is 4. The fourth-order valence-electron chi connectivity index (χ4n) is 2.26. The van der Waals surface area contributed by atoms with Gasteiger partial charge in [-0.2, -0.15) is 0 Å². The summed E-state index contributed by atoms with van der Waals surface area (Å²) in [5, 5.41) is 37.9. The van der Waals surface area contributed by atoms with Crippen LogP contribution in [0.3, 0.4) is 0 Å². The maximum absolute atomic E-state index is 11.9. The van der Waals surface area contributed by atoms with Crippen molar-refractivity contribution in [1.29, 1.82) is 0 Å². The van der Waals surface area contributed by atoms with E-state index in [2.05, 4.69) is 17.2 Å². The predicted octanol–water partition coefficient (Wildman–Crippen LogP) is -2.89. The Bertz CT molecular complexity index is 457. The molecule has 13 heteroatoms. The van der Waals surface area contributed by atoms with Crippen LogP contribution < -0.4 is 0 Å². The van der Waals surface area contributed by atoms with Crippen molar-refractivity contribution in [3.63, 3.8) is 0 Å². The standard InChI is InChI=1S/C10H18BO10PS/c11-9-6(14)5(13)4(19-9)2-18-22(16,17)21-8-3(1-12)20-10(23)7(8)15/h3-10,12-15,23H,1-2H2,(H,16,17)/t3-,4-,5?,6?,7?,8?,9-,10+/m1/s1. The highest BCUT2D eigenvalue weighted by molar-refractivity contribution is 7.80. The number of ether oxygens (including phenoxy) is 2. The van der Waals surface area contributed by atoms with Crippen LogP contribution in [0.25, 0.3) is 0 Å². The van der Waals surface area contributed by atoms with Crippen LogP contribution in [0.4, 0.5) is 0 Å². The maximum Gasteiger partial charge on any atom is 0.472 e. The molecule has 0 aromatic rings. The third kappa shape index (κ3) is 4.47. The number of rotatable bonds is 6. The summed E-state index contributed by atoms with van der Waals surface area (Å²) in [7, 11) is 0.690. The molecule has 2 radical (unpaired) electrons. The molecule has 2 heterocycles. The van der Waals surface area contributed by atoms with Crippen molar-refractivity contribution < 1.29 is 48.4 Å². The summed E-state index contributed by atoms with van der Waals surface area (Å²) in [6, 6.07) is -1.15. The summed E-state index contributed by atoms with van der Waals surface area (Å²) in [5.74, 6) is 0. The second kappa shape index (κ2) is 7.67. The Hall–Kier alpha value is 0.285. The molecule has 5 unspecified atom stereocenters. The van der Waals surface area contributed by atoms with Crippen molar-refractivity contribution in [2.75, 3.05) is 13.2 Å². The topological polar surface area (TPSA) is 155 Å².